The Labute approximate surface area is 231 Å². The Kier molecular flexibility index (Phi) is 8.26. The minimum Gasteiger partial charge on any atom is -0.508 e. The number of amides is 1. The fourth-order valence-electron chi connectivity index (χ4n) is 5.64. The maximum absolute atomic E-state index is 13.7. The van der Waals surface area contributed by atoms with E-state index in [9.17, 15) is 49.0 Å². The number of aromatic hydroxyl groups is 1. The number of phosphoric acid groups is 2. The van der Waals surface area contributed by atoms with Gasteiger partial charge in [0.1, 0.15) is 22.8 Å². The number of phenols is 1. The predicted molar refractivity (Wildman–Crippen MR) is 135 cm³/mol. The topological polar surface area (TPSA) is 306 Å². The van der Waals surface area contributed by atoms with Crippen LogP contribution in [0.4, 0.5) is 0 Å². The number of phenolic OH excluding ortho intramolecular Hbond substituents is 1. The lowest BCUT2D eigenvalue weighted by Gasteiger charge is -2.53. The number of ketones is 2. The van der Waals surface area contributed by atoms with E-state index in [1.165, 1.54) is 44.1 Å². The molecule has 0 bridgehead atoms. The number of likely N-dealkylation sites (N-methyl/N-ethyl adjacent to an activating group) is 1. The zero-order valence-corrected chi connectivity index (χ0v) is 23.4. The van der Waals surface area contributed by atoms with E-state index in [2.05, 4.69) is 4.31 Å². The molecule has 19 heteroatoms. The number of nitrogens with zero attached hydrogens (tertiary/aromatic N) is 1. The van der Waals surface area contributed by atoms with Crippen molar-refractivity contribution in [3.05, 3.63) is 46.2 Å². The number of Topliss-reactive ketones (excluding diaryl/α,β-unsaturated/α-hetero) is 2. The molecule has 1 saturated carbocycles. The van der Waals surface area contributed by atoms with Gasteiger partial charge in [0, 0.05) is 17.4 Å². The van der Waals surface area contributed by atoms with Crippen molar-refractivity contribution in [3.8, 4) is 5.75 Å². The van der Waals surface area contributed by atoms with E-state index in [1.54, 1.807) is 0 Å². The summed E-state index contributed by atoms with van der Waals surface area (Å²) in [6.45, 7) is 1.40. The van der Waals surface area contributed by atoms with Crippen molar-refractivity contribution >= 4 is 38.9 Å². The van der Waals surface area contributed by atoms with Gasteiger partial charge < -0.3 is 50.8 Å². The smallest absolute Gasteiger partial charge is 0.478 e. The molecule has 1 amide bonds. The largest absolute Gasteiger partial charge is 0.508 e. The van der Waals surface area contributed by atoms with E-state index in [4.69, 9.17) is 25.3 Å². The van der Waals surface area contributed by atoms with Crippen molar-refractivity contribution < 1.29 is 72.9 Å². The molecule has 11 N–H and O–H groups in total. The number of primary amides is 1. The Balaban J connectivity index is 0.000000445. The van der Waals surface area contributed by atoms with Crippen molar-refractivity contribution in [3.63, 3.8) is 0 Å². The summed E-state index contributed by atoms with van der Waals surface area (Å²) in [5.74, 6) is -7.90. The van der Waals surface area contributed by atoms with Crippen LogP contribution < -0.4 is 5.73 Å². The molecule has 0 aromatic heterocycles. The highest BCUT2D eigenvalue weighted by Gasteiger charge is 2.66. The maximum Gasteiger partial charge on any atom is 0.478 e. The van der Waals surface area contributed by atoms with Crippen molar-refractivity contribution in [2.24, 2.45) is 17.6 Å². The van der Waals surface area contributed by atoms with Gasteiger partial charge in [-0.15, -0.1) is 0 Å². The SMILES string of the molecule is CN(C)[C@@H]1C(=O)C(C(N)=O)=C(O)[C@@]2(O)C(=O)C3=C(O)c4c(O)cccc4[C@@](C)(O)[C@H]3C[C@@H]12.O=P(O)(O)OP(=O)(O)O. The molecule has 226 valence electrons. The number of aliphatic hydroxyl groups is 4. The molecular formula is C22H28N2O15P2. The standard InChI is InChI=1S/C22H24N2O8.H4O7P2/c1-21(31)8-5-4-6-11(25)12(8)16(26)13-9(21)7-10-15(24(2)3)17(27)14(20(23)30)19(29)22(10,32)18(13)28;1-8(2,3)7-9(4,5)6/h4-6,9-10,15,25-26,29,31-32H,7H2,1-3H3,(H2,23,30);(H2,1,2,3)(H2,4,5,6)/t9-,10-,15-,21+,22-;/m0./s1. The highest BCUT2D eigenvalue weighted by Crippen LogP contribution is 2.57. The van der Waals surface area contributed by atoms with E-state index < -0.39 is 90.6 Å². The van der Waals surface area contributed by atoms with Gasteiger partial charge in [-0.1, -0.05) is 12.1 Å². The first-order valence-corrected chi connectivity index (χ1v) is 14.6. The van der Waals surface area contributed by atoms with Gasteiger partial charge in [-0.05, 0) is 39.1 Å². The molecule has 0 saturated heterocycles. The second kappa shape index (κ2) is 10.4. The van der Waals surface area contributed by atoms with Crippen LogP contribution in [0.3, 0.4) is 0 Å². The number of nitrogens with two attached hydrogens (primary N) is 1. The lowest BCUT2D eigenvalue weighted by atomic mass is 9.54. The fourth-order valence-corrected chi connectivity index (χ4v) is 6.75. The predicted octanol–water partition coefficient (Wildman–Crippen LogP) is -1.18. The number of hydrogen-bond donors (Lipinski definition) is 10. The summed E-state index contributed by atoms with van der Waals surface area (Å²) in [7, 11) is -7.09. The molecule has 17 nitrogen and oxygen atoms in total. The van der Waals surface area contributed by atoms with E-state index in [1.807, 2.05) is 0 Å². The van der Waals surface area contributed by atoms with E-state index in [0.717, 1.165) is 0 Å². The van der Waals surface area contributed by atoms with E-state index in [-0.39, 0.29) is 17.5 Å². The first kappa shape index (κ1) is 32.6. The quantitative estimate of drug-likeness (QED) is 0.139. The zero-order valence-electron chi connectivity index (χ0n) is 21.6. The summed E-state index contributed by atoms with van der Waals surface area (Å²) < 4.78 is 22.2. The summed E-state index contributed by atoms with van der Waals surface area (Å²) >= 11 is 0. The van der Waals surface area contributed by atoms with Crippen LogP contribution in [-0.2, 0) is 33.4 Å². The van der Waals surface area contributed by atoms with Crippen LogP contribution >= 0.6 is 15.6 Å². The van der Waals surface area contributed by atoms with E-state index in [0.29, 0.717) is 0 Å². The maximum atomic E-state index is 13.7. The molecular weight excluding hydrogens is 594 g/mol. The summed E-state index contributed by atoms with van der Waals surface area (Å²) in [6.07, 6.45) is -0.200. The zero-order chi connectivity index (χ0) is 31.6. The first-order valence-electron chi connectivity index (χ1n) is 11.5. The second-order valence-electron chi connectivity index (χ2n) is 10.0. The molecule has 4 rings (SSSR count). The number of rotatable bonds is 4. The third-order valence-electron chi connectivity index (χ3n) is 7.23. The van der Waals surface area contributed by atoms with Crippen LogP contribution in [0.5, 0.6) is 5.75 Å². The highest BCUT2D eigenvalue weighted by molar-refractivity contribution is 7.60. The number of aliphatic hydroxyl groups excluding tert-OH is 2. The van der Waals surface area contributed by atoms with Crippen molar-refractivity contribution in [2.45, 2.75) is 30.6 Å². The Morgan fingerprint density at radius 1 is 1.05 bits per heavy atom. The Hall–Kier alpha value is -2.95. The second-order valence-corrected chi connectivity index (χ2v) is 12.6. The fraction of sp³-hybridized carbons (Fsp3) is 0.409. The molecule has 5 atom stereocenters. The minimum absolute atomic E-state index is 0.170. The lowest BCUT2D eigenvalue weighted by molar-refractivity contribution is -0.159. The summed E-state index contributed by atoms with van der Waals surface area (Å²) in [4.78, 5) is 71.0. The molecule has 0 radical (unpaired) electrons. The van der Waals surface area contributed by atoms with Crippen molar-refractivity contribution in [2.75, 3.05) is 14.1 Å². The van der Waals surface area contributed by atoms with Crippen LogP contribution in [0.15, 0.2) is 35.1 Å². The molecule has 3 aliphatic carbocycles. The van der Waals surface area contributed by atoms with Crippen LogP contribution in [0.25, 0.3) is 5.76 Å². The normalized spacial score (nSPS) is 29.9. The van der Waals surface area contributed by atoms with Gasteiger partial charge in [0.05, 0.1) is 17.2 Å². The van der Waals surface area contributed by atoms with Gasteiger partial charge in [0.2, 0.25) is 5.78 Å². The van der Waals surface area contributed by atoms with Crippen LogP contribution in [0.2, 0.25) is 0 Å². The monoisotopic (exact) mass is 622 g/mol. The molecule has 0 aliphatic heterocycles. The summed E-state index contributed by atoms with van der Waals surface area (Å²) in [6, 6.07) is 3.02. The third kappa shape index (κ3) is 5.49. The molecule has 0 heterocycles. The number of carbonyl (C=O) groups excluding carboxylic acids is 3. The molecule has 1 aromatic rings. The van der Waals surface area contributed by atoms with Gasteiger partial charge in [-0.2, -0.15) is 4.31 Å². The number of benzene rings is 1. The van der Waals surface area contributed by atoms with Crippen LogP contribution in [0, 0.1) is 11.8 Å². The molecule has 1 fully saturated rings. The van der Waals surface area contributed by atoms with Gasteiger partial charge in [-0.25, -0.2) is 9.13 Å². The highest BCUT2D eigenvalue weighted by atomic mass is 31.3. The molecule has 0 unspecified atom stereocenters. The Morgan fingerprint density at radius 3 is 2.02 bits per heavy atom. The molecule has 0 spiro atoms. The number of fused-ring (bicyclic) bond motifs is 3. The minimum atomic E-state index is -5.05. The Bertz CT molecular complexity index is 1470. The molecule has 1 aromatic carbocycles. The van der Waals surface area contributed by atoms with Crippen molar-refractivity contribution in [1.82, 2.24) is 4.90 Å². The third-order valence-corrected chi connectivity index (χ3v) is 8.93. The molecule has 3 aliphatic rings. The molecule has 41 heavy (non-hydrogen) atoms. The first-order chi connectivity index (χ1) is 18.5. The number of hydrogen-bond acceptors (Lipinski definition) is 12. The lowest BCUT2D eigenvalue weighted by Crippen LogP contribution is -2.67. The van der Waals surface area contributed by atoms with E-state index >= 15 is 0 Å². The van der Waals surface area contributed by atoms with Gasteiger partial charge in [0.25, 0.3) is 5.91 Å². The number of carbonyl (C=O) groups is 3. The summed E-state index contributed by atoms with van der Waals surface area (Å²) in [5, 5.41) is 54.9. The van der Waals surface area contributed by atoms with Gasteiger partial charge >= 0.3 is 15.6 Å². The average Bonchev–Trinajstić information content (AvgIpc) is 2.77. The van der Waals surface area contributed by atoms with Crippen molar-refractivity contribution in [1.29, 1.82) is 0 Å². The Morgan fingerprint density at radius 2 is 1.59 bits per heavy atom. The summed E-state index contributed by atoms with van der Waals surface area (Å²) in [5.41, 5.74) is -0.548. The van der Waals surface area contributed by atoms with Gasteiger partial charge in [0.15, 0.2) is 11.4 Å². The average molecular weight is 622 g/mol. The van der Waals surface area contributed by atoms with Crippen LogP contribution in [-0.4, -0.2) is 93.2 Å². The van der Waals surface area contributed by atoms with Crippen LogP contribution in [0.1, 0.15) is 24.5 Å². The van der Waals surface area contributed by atoms with Gasteiger partial charge in [-0.3, -0.25) is 19.3 Å².